The van der Waals surface area contributed by atoms with Crippen LogP contribution in [0.5, 0.6) is 0 Å². The lowest BCUT2D eigenvalue weighted by Gasteiger charge is -2.34. The molecule has 2 aromatic rings. The number of likely N-dealkylation sites (N-methyl/N-ethyl adjacent to an activating group) is 1. The summed E-state index contributed by atoms with van der Waals surface area (Å²) in [5.74, 6) is -1.83. The number of ether oxygens (including phenoxy) is 1. The number of alkyl carbamates (subject to hydrolysis) is 1. The standard InChI is InChI=1S/C28H38N4O5/c1-8-32(26(35)22(16-23(29)33)31-27(36)37-28(5,6)7)24(20-14-11-13-17(2)19(20)4)25(34)30-21-15-10-9-12-18(21)3/h9-15,22,24H,8,16H2,1-7H3,(H2,29,33)(H,30,34)(H,31,36). The third kappa shape index (κ3) is 8.06. The van der Waals surface area contributed by atoms with Crippen molar-refractivity contribution in [2.45, 2.75) is 72.6 Å². The molecular formula is C28H38N4O5. The van der Waals surface area contributed by atoms with E-state index in [4.69, 9.17) is 10.5 Å². The number of hydrogen-bond acceptors (Lipinski definition) is 5. The lowest BCUT2D eigenvalue weighted by atomic mass is 9.94. The molecule has 2 rings (SSSR count). The molecule has 0 fully saturated rings. The van der Waals surface area contributed by atoms with E-state index in [1.807, 2.05) is 51.1 Å². The number of nitrogens with two attached hydrogens (primary N) is 1. The summed E-state index contributed by atoms with van der Waals surface area (Å²) in [5.41, 5.74) is 8.51. The summed E-state index contributed by atoms with van der Waals surface area (Å²) < 4.78 is 5.28. The van der Waals surface area contributed by atoms with E-state index in [9.17, 15) is 19.2 Å². The maximum absolute atomic E-state index is 13.8. The first-order valence-electron chi connectivity index (χ1n) is 12.3. The molecule has 0 aliphatic heterocycles. The molecule has 9 nitrogen and oxygen atoms in total. The Morgan fingerprint density at radius 3 is 2.16 bits per heavy atom. The molecule has 37 heavy (non-hydrogen) atoms. The second kappa shape index (κ2) is 12.4. The minimum absolute atomic E-state index is 0.128. The summed E-state index contributed by atoms with van der Waals surface area (Å²) in [7, 11) is 0. The molecule has 0 heterocycles. The SMILES string of the molecule is CCN(C(=O)C(CC(N)=O)NC(=O)OC(C)(C)C)C(C(=O)Nc1ccccc1C)c1cccc(C)c1C. The topological polar surface area (TPSA) is 131 Å². The van der Waals surface area contributed by atoms with Crippen molar-refractivity contribution in [1.29, 1.82) is 0 Å². The number of benzene rings is 2. The Hall–Kier alpha value is -3.88. The van der Waals surface area contributed by atoms with E-state index in [-0.39, 0.29) is 6.54 Å². The van der Waals surface area contributed by atoms with E-state index in [1.165, 1.54) is 4.90 Å². The smallest absolute Gasteiger partial charge is 0.408 e. The van der Waals surface area contributed by atoms with Crippen molar-refractivity contribution in [3.05, 3.63) is 64.7 Å². The average Bonchev–Trinajstić information content (AvgIpc) is 2.78. The van der Waals surface area contributed by atoms with Crippen LogP contribution in [0.2, 0.25) is 0 Å². The van der Waals surface area contributed by atoms with Gasteiger partial charge >= 0.3 is 6.09 Å². The summed E-state index contributed by atoms with van der Waals surface area (Å²) in [6.07, 6.45) is -1.32. The molecular weight excluding hydrogens is 472 g/mol. The number of aryl methyl sites for hydroxylation is 2. The molecule has 0 aromatic heterocycles. The number of hydrogen-bond donors (Lipinski definition) is 3. The first kappa shape index (κ1) is 29.4. The van der Waals surface area contributed by atoms with Gasteiger partial charge in [-0.05, 0) is 76.8 Å². The second-order valence-electron chi connectivity index (χ2n) is 9.99. The molecule has 0 aliphatic rings. The van der Waals surface area contributed by atoms with Gasteiger partial charge in [0.05, 0.1) is 6.42 Å². The van der Waals surface area contributed by atoms with Gasteiger partial charge in [0, 0.05) is 12.2 Å². The van der Waals surface area contributed by atoms with Crippen molar-refractivity contribution in [1.82, 2.24) is 10.2 Å². The molecule has 0 radical (unpaired) electrons. The lowest BCUT2D eigenvalue weighted by molar-refractivity contribution is -0.141. The number of anilines is 1. The van der Waals surface area contributed by atoms with Crippen molar-refractivity contribution < 1.29 is 23.9 Å². The highest BCUT2D eigenvalue weighted by molar-refractivity contribution is 6.00. The van der Waals surface area contributed by atoms with Crippen LogP contribution < -0.4 is 16.4 Å². The zero-order chi connectivity index (χ0) is 27.9. The number of amides is 4. The molecule has 0 aliphatic carbocycles. The fourth-order valence-corrected chi connectivity index (χ4v) is 3.95. The van der Waals surface area contributed by atoms with E-state index < -0.39 is 47.9 Å². The molecule has 2 aromatic carbocycles. The molecule has 0 spiro atoms. The van der Waals surface area contributed by atoms with E-state index in [1.54, 1.807) is 39.8 Å². The number of nitrogens with one attached hydrogen (secondary N) is 2. The van der Waals surface area contributed by atoms with Gasteiger partial charge in [-0.15, -0.1) is 0 Å². The van der Waals surface area contributed by atoms with Crippen LogP contribution in [0.25, 0.3) is 0 Å². The Labute approximate surface area is 218 Å². The molecule has 2 unspecified atom stereocenters. The summed E-state index contributed by atoms with van der Waals surface area (Å²) >= 11 is 0. The fraction of sp³-hybridized carbons (Fsp3) is 0.429. The van der Waals surface area contributed by atoms with Crippen LogP contribution in [0.1, 0.15) is 62.4 Å². The average molecular weight is 511 g/mol. The highest BCUT2D eigenvalue weighted by Crippen LogP contribution is 2.29. The van der Waals surface area contributed by atoms with Gasteiger partial charge in [-0.1, -0.05) is 36.4 Å². The van der Waals surface area contributed by atoms with Gasteiger partial charge in [-0.2, -0.15) is 0 Å². The predicted octanol–water partition coefficient (Wildman–Crippen LogP) is 3.91. The monoisotopic (exact) mass is 510 g/mol. The van der Waals surface area contributed by atoms with Gasteiger partial charge in [0.15, 0.2) is 0 Å². The second-order valence-corrected chi connectivity index (χ2v) is 9.99. The third-order valence-corrected chi connectivity index (χ3v) is 5.92. The zero-order valence-corrected chi connectivity index (χ0v) is 22.7. The van der Waals surface area contributed by atoms with Crippen molar-refractivity contribution in [2.75, 3.05) is 11.9 Å². The maximum Gasteiger partial charge on any atom is 0.408 e. The van der Waals surface area contributed by atoms with E-state index in [0.717, 1.165) is 16.7 Å². The van der Waals surface area contributed by atoms with Crippen LogP contribution in [0.3, 0.4) is 0 Å². The normalized spacial score (nSPS) is 12.7. The maximum atomic E-state index is 13.8. The Bertz CT molecular complexity index is 1160. The molecule has 4 amide bonds. The van der Waals surface area contributed by atoms with Gasteiger partial charge in [0.25, 0.3) is 5.91 Å². The van der Waals surface area contributed by atoms with Gasteiger partial charge in [0.1, 0.15) is 17.7 Å². The molecule has 0 saturated carbocycles. The van der Waals surface area contributed by atoms with Crippen LogP contribution >= 0.6 is 0 Å². The van der Waals surface area contributed by atoms with E-state index in [2.05, 4.69) is 10.6 Å². The molecule has 9 heteroatoms. The number of carbonyl (C=O) groups is 4. The van der Waals surface area contributed by atoms with E-state index >= 15 is 0 Å². The van der Waals surface area contributed by atoms with Gasteiger partial charge in [0.2, 0.25) is 11.8 Å². The molecule has 4 N–H and O–H groups in total. The molecule has 200 valence electrons. The largest absolute Gasteiger partial charge is 0.444 e. The van der Waals surface area contributed by atoms with Crippen LogP contribution in [-0.4, -0.2) is 46.9 Å². The molecule has 2 atom stereocenters. The number of primary amides is 1. The van der Waals surface area contributed by atoms with Gasteiger partial charge in [-0.3, -0.25) is 14.4 Å². The van der Waals surface area contributed by atoms with Crippen molar-refractivity contribution in [2.24, 2.45) is 5.73 Å². The van der Waals surface area contributed by atoms with Crippen molar-refractivity contribution >= 4 is 29.5 Å². The highest BCUT2D eigenvalue weighted by Gasteiger charge is 2.37. The van der Waals surface area contributed by atoms with Crippen molar-refractivity contribution in [3.8, 4) is 0 Å². The predicted molar refractivity (Wildman–Crippen MR) is 143 cm³/mol. The summed E-state index contributed by atoms with van der Waals surface area (Å²) in [4.78, 5) is 53.2. The van der Waals surface area contributed by atoms with Crippen molar-refractivity contribution in [3.63, 3.8) is 0 Å². The number of rotatable bonds is 9. The van der Waals surface area contributed by atoms with Crippen LogP contribution in [-0.2, 0) is 19.1 Å². The zero-order valence-electron chi connectivity index (χ0n) is 22.7. The summed E-state index contributed by atoms with van der Waals surface area (Å²) in [6, 6.07) is 10.5. The first-order valence-corrected chi connectivity index (χ1v) is 12.3. The Morgan fingerprint density at radius 1 is 0.973 bits per heavy atom. The summed E-state index contributed by atoms with van der Waals surface area (Å²) in [6.45, 7) is 12.6. The van der Waals surface area contributed by atoms with E-state index in [0.29, 0.717) is 11.3 Å². The van der Waals surface area contributed by atoms with Crippen LogP contribution in [0, 0.1) is 20.8 Å². The van der Waals surface area contributed by atoms with Gasteiger partial charge in [-0.25, -0.2) is 4.79 Å². The minimum atomic E-state index is -1.31. The number of nitrogens with zero attached hydrogens (tertiary/aromatic N) is 1. The minimum Gasteiger partial charge on any atom is -0.444 e. The number of carbonyl (C=O) groups excluding carboxylic acids is 4. The Kier molecular flexibility index (Phi) is 9.82. The number of para-hydroxylation sites is 1. The Balaban J connectivity index is 2.53. The van der Waals surface area contributed by atoms with Crippen LogP contribution in [0.4, 0.5) is 10.5 Å². The van der Waals surface area contributed by atoms with Crippen LogP contribution in [0.15, 0.2) is 42.5 Å². The highest BCUT2D eigenvalue weighted by atomic mass is 16.6. The fourth-order valence-electron chi connectivity index (χ4n) is 3.95. The first-order chi connectivity index (χ1) is 17.2. The lowest BCUT2D eigenvalue weighted by Crippen LogP contribution is -2.53. The molecule has 0 bridgehead atoms. The summed E-state index contributed by atoms with van der Waals surface area (Å²) in [5, 5.41) is 5.40. The Morgan fingerprint density at radius 2 is 1.59 bits per heavy atom. The van der Waals surface area contributed by atoms with Gasteiger partial charge < -0.3 is 26.0 Å². The quantitative estimate of drug-likeness (QED) is 0.471. The molecule has 0 saturated heterocycles. The third-order valence-electron chi connectivity index (χ3n) is 5.92.